The van der Waals surface area contributed by atoms with Crippen LogP contribution in [0, 0.1) is 0 Å². The van der Waals surface area contributed by atoms with Gasteiger partial charge in [-0.2, -0.15) is 0 Å². The minimum absolute atomic E-state index is 0.114. The minimum atomic E-state index is -0.814. The maximum Gasteiger partial charge on any atom is 0.306 e. The molecular formula is C57H90O6. The lowest BCUT2D eigenvalue weighted by atomic mass is 10.1. The lowest BCUT2D eigenvalue weighted by molar-refractivity contribution is -0.167. The van der Waals surface area contributed by atoms with E-state index in [1.54, 1.807) is 0 Å². The van der Waals surface area contributed by atoms with Crippen molar-refractivity contribution in [2.24, 2.45) is 0 Å². The predicted octanol–water partition coefficient (Wildman–Crippen LogP) is 16.5. The summed E-state index contributed by atoms with van der Waals surface area (Å²) in [6.07, 6.45) is 68.9. The van der Waals surface area contributed by atoms with Crippen molar-refractivity contribution in [2.45, 2.75) is 207 Å². The van der Waals surface area contributed by atoms with Crippen molar-refractivity contribution >= 4 is 17.9 Å². The van der Waals surface area contributed by atoms with Crippen molar-refractivity contribution in [1.82, 2.24) is 0 Å². The van der Waals surface area contributed by atoms with Crippen LogP contribution in [0.15, 0.2) is 122 Å². The molecule has 0 spiro atoms. The molecule has 0 aliphatic rings. The van der Waals surface area contributed by atoms with Crippen molar-refractivity contribution in [3.05, 3.63) is 122 Å². The summed E-state index contributed by atoms with van der Waals surface area (Å²) in [4.78, 5) is 37.9. The first kappa shape index (κ1) is 58.8. The molecule has 0 aliphatic carbocycles. The summed E-state index contributed by atoms with van der Waals surface area (Å²) in [5.74, 6) is -1.00. The molecule has 0 saturated carbocycles. The van der Waals surface area contributed by atoms with E-state index in [2.05, 4.69) is 81.5 Å². The van der Waals surface area contributed by atoms with E-state index in [9.17, 15) is 14.4 Å². The molecule has 1 unspecified atom stereocenters. The van der Waals surface area contributed by atoms with E-state index in [1.807, 2.05) is 60.8 Å². The predicted molar refractivity (Wildman–Crippen MR) is 269 cm³/mol. The van der Waals surface area contributed by atoms with Gasteiger partial charge in [0.25, 0.3) is 0 Å². The van der Waals surface area contributed by atoms with E-state index in [4.69, 9.17) is 14.2 Å². The molecule has 354 valence electrons. The Balaban J connectivity index is 4.53. The molecule has 0 aromatic carbocycles. The normalized spacial score (nSPS) is 13.1. The van der Waals surface area contributed by atoms with Crippen LogP contribution < -0.4 is 0 Å². The molecule has 0 radical (unpaired) electrons. The van der Waals surface area contributed by atoms with E-state index in [0.717, 1.165) is 96.3 Å². The van der Waals surface area contributed by atoms with Crippen molar-refractivity contribution in [2.75, 3.05) is 13.2 Å². The molecule has 0 aliphatic heterocycles. The smallest absolute Gasteiger partial charge is 0.306 e. The number of hydrogen-bond donors (Lipinski definition) is 0. The summed E-state index contributed by atoms with van der Waals surface area (Å²) >= 11 is 0. The van der Waals surface area contributed by atoms with E-state index < -0.39 is 6.10 Å². The van der Waals surface area contributed by atoms with Gasteiger partial charge in [0.1, 0.15) is 13.2 Å². The Bertz CT molecular complexity index is 1370. The molecule has 1 atom stereocenters. The first-order valence-corrected chi connectivity index (χ1v) is 25.1. The van der Waals surface area contributed by atoms with Crippen LogP contribution in [0.3, 0.4) is 0 Å². The fourth-order valence-electron chi connectivity index (χ4n) is 6.30. The summed E-state index contributed by atoms with van der Waals surface area (Å²) in [5, 5.41) is 0. The van der Waals surface area contributed by atoms with Crippen molar-refractivity contribution in [3.63, 3.8) is 0 Å². The molecule has 6 nitrogen and oxygen atoms in total. The summed E-state index contributed by atoms with van der Waals surface area (Å²) < 4.78 is 16.7. The zero-order valence-corrected chi connectivity index (χ0v) is 40.3. The van der Waals surface area contributed by atoms with Crippen LogP contribution in [0.5, 0.6) is 0 Å². The van der Waals surface area contributed by atoms with Gasteiger partial charge in [-0.1, -0.05) is 213 Å². The van der Waals surface area contributed by atoms with Crippen LogP contribution in [-0.2, 0) is 28.6 Å². The molecule has 0 fully saturated rings. The van der Waals surface area contributed by atoms with Gasteiger partial charge in [0.15, 0.2) is 6.10 Å². The highest BCUT2D eigenvalue weighted by atomic mass is 16.6. The zero-order valence-electron chi connectivity index (χ0n) is 40.3. The standard InChI is InChI=1S/C57H90O6/c1-4-7-10-13-16-19-22-24-26-28-30-32-35-38-41-44-47-50-56(59)62-53-54(52-61-55(58)49-46-43-40-37-34-21-18-15-12-9-6-3)63-57(60)51-48-45-42-39-36-33-31-29-27-25-23-20-17-14-11-8-5-2/h7,10,13,15-22,24-28,30,32,34-35,54H,4-6,8-9,11-12,14,23,29,31,33,36-53H2,1-3H3/b10-7-,16-13-,18-15-,20-17-,22-19-,26-24-,27-25-,30-28+,34-21-,35-32-. The molecule has 0 saturated heterocycles. The number of allylic oxidation sites excluding steroid dienone is 20. The van der Waals surface area contributed by atoms with Crippen molar-refractivity contribution < 1.29 is 28.6 Å². The van der Waals surface area contributed by atoms with Crippen LogP contribution >= 0.6 is 0 Å². The summed E-state index contributed by atoms with van der Waals surface area (Å²) in [5.41, 5.74) is 0. The Labute approximate surface area is 386 Å². The van der Waals surface area contributed by atoms with Crippen molar-refractivity contribution in [1.29, 1.82) is 0 Å². The average Bonchev–Trinajstić information content (AvgIpc) is 3.28. The van der Waals surface area contributed by atoms with Gasteiger partial charge in [-0.3, -0.25) is 14.4 Å². The Morgan fingerprint density at radius 2 is 0.698 bits per heavy atom. The zero-order chi connectivity index (χ0) is 45.8. The fraction of sp³-hybridized carbons (Fsp3) is 0.596. The third-order valence-electron chi connectivity index (χ3n) is 10.1. The number of hydrogen-bond acceptors (Lipinski definition) is 6. The average molecular weight is 871 g/mol. The molecule has 0 N–H and O–H groups in total. The van der Waals surface area contributed by atoms with Gasteiger partial charge < -0.3 is 14.2 Å². The second kappa shape index (κ2) is 50.5. The Kier molecular flexibility index (Phi) is 47.1. The van der Waals surface area contributed by atoms with Crippen molar-refractivity contribution in [3.8, 4) is 0 Å². The first-order chi connectivity index (χ1) is 31.0. The molecule has 0 bridgehead atoms. The highest BCUT2D eigenvalue weighted by Gasteiger charge is 2.19. The molecule has 0 amide bonds. The number of unbranched alkanes of at least 4 members (excludes halogenated alkanes) is 18. The molecule has 6 heteroatoms. The molecule has 0 aromatic heterocycles. The Morgan fingerprint density at radius 3 is 1.17 bits per heavy atom. The number of rotatable bonds is 43. The molecule has 0 heterocycles. The summed E-state index contributed by atoms with van der Waals surface area (Å²) in [6, 6.07) is 0. The van der Waals surface area contributed by atoms with Crippen LogP contribution in [0.25, 0.3) is 0 Å². The SMILES string of the molecule is CC\C=C/C=C\C=C/C=C\C=C\C=C/CCCCCC(=O)OCC(COC(=O)CCCCC/C=C\C=C/CCCC)OC(=O)CCCCCCCCC/C=C\C/C=C\CCCCC. The minimum Gasteiger partial charge on any atom is -0.462 e. The topological polar surface area (TPSA) is 78.9 Å². The van der Waals surface area contributed by atoms with Gasteiger partial charge in [0, 0.05) is 19.3 Å². The van der Waals surface area contributed by atoms with Crippen LogP contribution in [0.1, 0.15) is 201 Å². The lowest BCUT2D eigenvalue weighted by Gasteiger charge is -2.18. The maximum atomic E-state index is 12.8. The van der Waals surface area contributed by atoms with Crippen LogP contribution in [0.2, 0.25) is 0 Å². The van der Waals surface area contributed by atoms with Gasteiger partial charge >= 0.3 is 17.9 Å². The number of ether oxygens (including phenoxy) is 3. The van der Waals surface area contributed by atoms with E-state index >= 15 is 0 Å². The van der Waals surface area contributed by atoms with Gasteiger partial charge in [-0.15, -0.1) is 0 Å². The summed E-state index contributed by atoms with van der Waals surface area (Å²) in [6.45, 7) is 6.32. The van der Waals surface area contributed by atoms with E-state index in [1.165, 1.54) is 64.2 Å². The lowest BCUT2D eigenvalue weighted by Crippen LogP contribution is -2.30. The first-order valence-electron chi connectivity index (χ1n) is 25.1. The highest BCUT2D eigenvalue weighted by Crippen LogP contribution is 2.13. The fourth-order valence-corrected chi connectivity index (χ4v) is 6.30. The van der Waals surface area contributed by atoms with Crippen LogP contribution in [-0.4, -0.2) is 37.2 Å². The molecule has 63 heavy (non-hydrogen) atoms. The number of carbonyl (C=O) groups is 3. The maximum absolute atomic E-state index is 12.8. The van der Waals surface area contributed by atoms with Gasteiger partial charge in [-0.05, 0) is 89.9 Å². The Hall–Kier alpha value is -4.19. The third kappa shape index (κ3) is 48.7. The van der Waals surface area contributed by atoms with Gasteiger partial charge in [0.05, 0.1) is 0 Å². The Morgan fingerprint density at radius 1 is 0.349 bits per heavy atom. The number of esters is 3. The van der Waals surface area contributed by atoms with Gasteiger partial charge in [-0.25, -0.2) is 0 Å². The third-order valence-corrected chi connectivity index (χ3v) is 10.1. The quantitative estimate of drug-likeness (QED) is 0.0200. The largest absolute Gasteiger partial charge is 0.462 e. The summed E-state index contributed by atoms with van der Waals surface area (Å²) in [7, 11) is 0. The van der Waals surface area contributed by atoms with Gasteiger partial charge in [0.2, 0.25) is 0 Å². The van der Waals surface area contributed by atoms with E-state index in [-0.39, 0.29) is 31.1 Å². The molecule has 0 aromatic rings. The monoisotopic (exact) mass is 871 g/mol. The second-order valence-corrected chi connectivity index (χ2v) is 16.2. The van der Waals surface area contributed by atoms with Crippen LogP contribution in [0.4, 0.5) is 0 Å². The highest BCUT2D eigenvalue weighted by molar-refractivity contribution is 5.71. The second-order valence-electron chi connectivity index (χ2n) is 16.2. The van der Waals surface area contributed by atoms with E-state index in [0.29, 0.717) is 19.3 Å². The molecule has 0 rings (SSSR count). The molecular weight excluding hydrogens is 781 g/mol. The number of carbonyl (C=O) groups excluding carboxylic acids is 3.